The third kappa shape index (κ3) is 5.34. The van der Waals surface area contributed by atoms with Crippen molar-refractivity contribution >= 4 is 40.3 Å². The second-order valence-corrected chi connectivity index (χ2v) is 10.2. The minimum atomic E-state index is -0.581. The van der Waals surface area contributed by atoms with Crippen LogP contribution in [0, 0.1) is 10.1 Å². The number of phenolic OH excluding ortho intramolecular Hbond substituents is 1. The lowest BCUT2D eigenvalue weighted by Gasteiger charge is -2.30. The molecule has 0 aliphatic carbocycles. The van der Waals surface area contributed by atoms with Crippen LogP contribution in [0.15, 0.2) is 64.8 Å². The molecule has 3 rings (SSSR count). The molecule has 0 amide bonds. The largest absolute Gasteiger partial charge is 0.505 e. The number of aromatic hydroxyl groups is 1. The molecular weight excluding hydrogens is 461 g/mol. The molecule has 0 bridgehead atoms. The van der Waals surface area contributed by atoms with Crippen molar-refractivity contribution in [2.75, 3.05) is 0 Å². The summed E-state index contributed by atoms with van der Waals surface area (Å²) >= 11 is 12.1. The van der Waals surface area contributed by atoms with E-state index in [1.807, 2.05) is 44.2 Å². The topological polar surface area (TPSA) is 88.1 Å². The second-order valence-electron chi connectivity index (χ2n) is 9.36. The highest BCUT2D eigenvalue weighted by Crippen LogP contribution is 2.45. The molecule has 1 N–H and O–H groups in total. The molecule has 0 aliphatic rings. The van der Waals surface area contributed by atoms with E-state index < -0.39 is 10.3 Å². The molecule has 3 aromatic carbocycles. The van der Waals surface area contributed by atoms with Gasteiger partial charge in [-0.05, 0) is 46.9 Å². The molecule has 0 radical (unpaired) electrons. The molecule has 0 heterocycles. The molecule has 0 spiro atoms. The lowest BCUT2D eigenvalue weighted by atomic mass is 9.75. The van der Waals surface area contributed by atoms with Crippen molar-refractivity contribution < 1.29 is 10.0 Å². The fraction of sp³-hybridized carbons (Fsp3) is 0.280. The Balaban J connectivity index is 2.19. The molecule has 0 saturated carbocycles. The highest BCUT2D eigenvalue weighted by Gasteiger charge is 2.30. The molecule has 3 aromatic rings. The van der Waals surface area contributed by atoms with Crippen molar-refractivity contribution in [3.8, 4) is 5.75 Å². The third-order valence-electron chi connectivity index (χ3n) is 5.59. The van der Waals surface area contributed by atoms with E-state index in [4.69, 9.17) is 23.2 Å². The number of nitrogens with zero attached hydrogens (tertiary/aromatic N) is 3. The van der Waals surface area contributed by atoms with Crippen molar-refractivity contribution in [1.29, 1.82) is 0 Å². The minimum Gasteiger partial charge on any atom is -0.505 e. The Hall–Kier alpha value is -2.96. The van der Waals surface area contributed by atoms with Crippen LogP contribution < -0.4 is 0 Å². The van der Waals surface area contributed by atoms with Gasteiger partial charge in [0.2, 0.25) is 0 Å². The number of rotatable bonds is 5. The molecule has 0 unspecified atom stereocenters. The van der Waals surface area contributed by atoms with E-state index in [9.17, 15) is 15.2 Å². The van der Waals surface area contributed by atoms with E-state index in [-0.39, 0.29) is 28.2 Å². The zero-order valence-corrected chi connectivity index (χ0v) is 20.6. The molecular formula is C25H25Cl2N3O3. The van der Waals surface area contributed by atoms with Crippen LogP contribution in [0.25, 0.3) is 0 Å². The first-order chi connectivity index (χ1) is 15.3. The van der Waals surface area contributed by atoms with Crippen LogP contribution >= 0.6 is 23.2 Å². The van der Waals surface area contributed by atoms with Gasteiger partial charge in [-0.3, -0.25) is 10.1 Å². The number of phenols is 1. The smallest absolute Gasteiger partial charge is 0.296 e. The first-order valence-electron chi connectivity index (χ1n) is 10.3. The second kappa shape index (κ2) is 9.12. The van der Waals surface area contributed by atoms with Crippen LogP contribution in [-0.2, 0) is 10.8 Å². The molecule has 0 aromatic heterocycles. The lowest BCUT2D eigenvalue weighted by Crippen LogP contribution is -2.21. The van der Waals surface area contributed by atoms with Gasteiger partial charge in [-0.25, -0.2) is 0 Å². The van der Waals surface area contributed by atoms with E-state index >= 15 is 0 Å². The number of hydrogen-bond acceptors (Lipinski definition) is 5. The first kappa shape index (κ1) is 24.7. The van der Waals surface area contributed by atoms with Crippen LogP contribution in [-0.4, -0.2) is 10.0 Å². The van der Waals surface area contributed by atoms with Crippen LogP contribution in [0.5, 0.6) is 5.75 Å². The summed E-state index contributed by atoms with van der Waals surface area (Å²) in [6.45, 7) is 10.2. The van der Waals surface area contributed by atoms with Gasteiger partial charge in [0.15, 0.2) is 5.69 Å². The molecule has 8 heteroatoms. The molecule has 0 saturated heterocycles. The average molecular weight is 486 g/mol. The molecule has 0 fully saturated rings. The number of halogens is 2. The highest BCUT2D eigenvalue weighted by atomic mass is 35.5. The third-order valence-corrected chi connectivity index (χ3v) is 6.08. The molecule has 172 valence electrons. The summed E-state index contributed by atoms with van der Waals surface area (Å²) in [7, 11) is 0. The van der Waals surface area contributed by atoms with E-state index in [2.05, 4.69) is 31.0 Å². The van der Waals surface area contributed by atoms with E-state index in [1.165, 1.54) is 18.2 Å². The van der Waals surface area contributed by atoms with E-state index in [1.54, 1.807) is 6.07 Å². The highest BCUT2D eigenvalue weighted by molar-refractivity contribution is 6.31. The van der Waals surface area contributed by atoms with Crippen molar-refractivity contribution in [2.24, 2.45) is 10.2 Å². The summed E-state index contributed by atoms with van der Waals surface area (Å²) in [6.07, 6.45) is 0. The number of benzene rings is 3. The Morgan fingerprint density at radius 1 is 0.818 bits per heavy atom. The van der Waals surface area contributed by atoms with Crippen LogP contribution in [0.3, 0.4) is 0 Å². The quantitative estimate of drug-likeness (QED) is 0.222. The van der Waals surface area contributed by atoms with Gasteiger partial charge in [-0.2, -0.15) is 0 Å². The maximum Gasteiger partial charge on any atom is 0.296 e. The Morgan fingerprint density at radius 2 is 1.39 bits per heavy atom. The summed E-state index contributed by atoms with van der Waals surface area (Å²) in [5.74, 6) is -0.0450. The minimum absolute atomic E-state index is 0.00609. The molecule has 6 nitrogen and oxygen atoms in total. The standard InChI is InChI=1S/C25H25Cl2N3O3/c1-24(2,3)16-12-19(25(4,5)15-6-8-17(26)9-7-15)23(31)21(13-16)29-28-20-14-18(27)10-11-22(20)30(32)33/h6-14,31H,1-5H3/b29-28+. The van der Waals surface area contributed by atoms with Gasteiger partial charge in [0, 0.05) is 27.1 Å². The van der Waals surface area contributed by atoms with Gasteiger partial charge in [0.25, 0.3) is 5.69 Å². The van der Waals surface area contributed by atoms with Crippen LogP contribution in [0.1, 0.15) is 51.3 Å². The Morgan fingerprint density at radius 3 is 1.97 bits per heavy atom. The van der Waals surface area contributed by atoms with Crippen LogP contribution in [0.2, 0.25) is 10.0 Å². The predicted molar refractivity (Wildman–Crippen MR) is 133 cm³/mol. The predicted octanol–water partition coefficient (Wildman–Crippen LogP) is 8.65. The van der Waals surface area contributed by atoms with Crippen molar-refractivity contribution in [3.05, 3.63) is 91.4 Å². The van der Waals surface area contributed by atoms with E-state index in [0.29, 0.717) is 15.6 Å². The molecule has 0 atom stereocenters. The summed E-state index contributed by atoms with van der Waals surface area (Å²) in [5.41, 5.74) is 1.73. The summed E-state index contributed by atoms with van der Waals surface area (Å²) in [6, 6.07) is 15.2. The SMILES string of the molecule is CC(C)(C)c1cc(/N=N/c2cc(Cl)ccc2[N+](=O)[O-])c(O)c(C(C)(C)c2ccc(Cl)cc2)c1. The molecule has 0 aliphatic heterocycles. The monoisotopic (exact) mass is 485 g/mol. The number of nitro benzene ring substituents is 1. The number of hydrogen-bond donors (Lipinski definition) is 1. The maximum atomic E-state index is 11.4. The van der Waals surface area contributed by atoms with Crippen molar-refractivity contribution in [1.82, 2.24) is 0 Å². The van der Waals surface area contributed by atoms with Gasteiger partial charge >= 0.3 is 0 Å². The van der Waals surface area contributed by atoms with E-state index in [0.717, 1.165) is 11.1 Å². The van der Waals surface area contributed by atoms with Gasteiger partial charge in [-0.15, -0.1) is 10.2 Å². The van der Waals surface area contributed by atoms with Crippen molar-refractivity contribution in [2.45, 2.75) is 45.4 Å². The Kier molecular flexibility index (Phi) is 6.82. The van der Waals surface area contributed by atoms with Crippen LogP contribution in [0.4, 0.5) is 17.1 Å². The van der Waals surface area contributed by atoms with Crippen molar-refractivity contribution in [3.63, 3.8) is 0 Å². The lowest BCUT2D eigenvalue weighted by molar-refractivity contribution is -0.384. The zero-order chi connectivity index (χ0) is 24.6. The maximum absolute atomic E-state index is 11.4. The van der Waals surface area contributed by atoms with Gasteiger partial charge in [0.05, 0.1) is 4.92 Å². The first-order valence-corrected chi connectivity index (χ1v) is 11.1. The van der Waals surface area contributed by atoms with Gasteiger partial charge < -0.3 is 5.11 Å². The normalized spacial score (nSPS) is 12.3. The van der Waals surface area contributed by atoms with Gasteiger partial charge in [-0.1, -0.05) is 76.0 Å². The number of nitro groups is 1. The van der Waals surface area contributed by atoms with Gasteiger partial charge in [0.1, 0.15) is 11.4 Å². The fourth-order valence-electron chi connectivity index (χ4n) is 3.47. The summed E-state index contributed by atoms with van der Waals surface area (Å²) in [5, 5.41) is 31.8. The summed E-state index contributed by atoms with van der Waals surface area (Å²) in [4.78, 5) is 10.8. The summed E-state index contributed by atoms with van der Waals surface area (Å²) < 4.78 is 0. The fourth-order valence-corrected chi connectivity index (χ4v) is 3.76. The zero-order valence-electron chi connectivity index (χ0n) is 19.1. The molecule has 33 heavy (non-hydrogen) atoms. The number of azo groups is 1. The Labute approximate surface area is 203 Å². The Bertz CT molecular complexity index is 1230. The average Bonchev–Trinajstić information content (AvgIpc) is 2.72.